The van der Waals surface area contributed by atoms with E-state index in [0.717, 1.165) is 28.9 Å². The molecule has 140 valence electrons. The summed E-state index contributed by atoms with van der Waals surface area (Å²) in [5, 5.41) is 6.71. The molecule has 0 amide bonds. The van der Waals surface area contributed by atoms with Gasteiger partial charge in [0.25, 0.3) is 0 Å². The van der Waals surface area contributed by atoms with Gasteiger partial charge in [0.2, 0.25) is 0 Å². The van der Waals surface area contributed by atoms with Gasteiger partial charge in [0.15, 0.2) is 5.78 Å². The van der Waals surface area contributed by atoms with Crippen LogP contribution in [-0.4, -0.2) is 5.78 Å². The molecule has 28 heavy (non-hydrogen) atoms. The van der Waals surface area contributed by atoms with E-state index < -0.39 is 0 Å². The van der Waals surface area contributed by atoms with Gasteiger partial charge in [0.1, 0.15) is 0 Å². The molecule has 0 aromatic heterocycles. The highest BCUT2D eigenvalue weighted by atomic mass is 35.5. The molecule has 3 heteroatoms. The molecule has 0 unspecified atom stereocenters. The third-order valence-electron chi connectivity index (χ3n) is 5.96. The van der Waals surface area contributed by atoms with E-state index in [4.69, 9.17) is 11.6 Å². The van der Waals surface area contributed by atoms with Gasteiger partial charge in [-0.05, 0) is 51.9 Å². The maximum Gasteiger partial charge on any atom is 0.162 e. The summed E-state index contributed by atoms with van der Waals surface area (Å²) in [5.74, 6) is 0.176. The van der Waals surface area contributed by atoms with Crippen molar-refractivity contribution in [2.45, 2.75) is 32.6 Å². The minimum atomic E-state index is -0.0711. The third kappa shape index (κ3) is 2.75. The van der Waals surface area contributed by atoms with Gasteiger partial charge >= 0.3 is 0 Å². The van der Waals surface area contributed by atoms with Gasteiger partial charge in [0.05, 0.1) is 0 Å². The first-order chi connectivity index (χ1) is 13.4. The number of hydrogen-bond donors (Lipinski definition) is 1. The molecule has 1 heterocycles. The van der Waals surface area contributed by atoms with Crippen molar-refractivity contribution < 1.29 is 4.79 Å². The third-order valence-corrected chi connectivity index (χ3v) is 6.21. The first-order valence-electron chi connectivity index (χ1n) is 9.73. The molecule has 0 spiro atoms. The van der Waals surface area contributed by atoms with E-state index in [1.54, 1.807) is 0 Å². The number of carbonyl (C=O) groups excluding carboxylic acids is 1. The fraction of sp³-hybridized carbons (Fsp3) is 0.240. The molecule has 5 rings (SSSR count). The molecule has 3 aromatic rings. The lowest BCUT2D eigenvalue weighted by molar-refractivity contribution is -0.118. The number of ketones is 1. The Balaban J connectivity index is 1.81. The molecular formula is C25H22ClNO. The number of nitrogens with one attached hydrogen (secondary N) is 1. The number of rotatable bonds is 1. The summed E-state index contributed by atoms with van der Waals surface area (Å²) in [4.78, 5) is 13.3. The minimum absolute atomic E-state index is 0.0260. The lowest BCUT2D eigenvalue weighted by atomic mass is 9.68. The van der Waals surface area contributed by atoms with Crippen LogP contribution in [0.2, 0.25) is 5.02 Å². The predicted octanol–water partition coefficient (Wildman–Crippen LogP) is 6.69. The largest absolute Gasteiger partial charge is 0.358 e. The molecule has 0 saturated heterocycles. The zero-order valence-corrected chi connectivity index (χ0v) is 16.8. The lowest BCUT2D eigenvalue weighted by Crippen LogP contribution is -2.33. The van der Waals surface area contributed by atoms with Crippen molar-refractivity contribution in [1.29, 1.82) is 0 Å². The van der Waals surface area contributed by atoms with Gasteiger partial charge in [-0.2, -0.15) is 0 Å². The van der Waals surface area contributed by atoms with Gasteiger partial charge in [0, 0.05) is 34.3 Å². The fourth-order valence-corrected chi connectivity index (χ4v) is 4.92. The van der Waals surface area contributed by atoms with Crippen molar-refractivity contribution in [2.24, 2.45) is 5.41 Å². The zero-order valence-electron chi connectivity index (χ0n) is 16.1. The van der Waals surface area contributed by atoms with E-state index >= 15 is 0 Å². The molecule has 0 fully saturated rings. The summed E-state index contributed by atoms with van der Waals surface area (Å²) >= 11 is 6.16. The highest BCUT2D eigenvalue weighted by molar-refractivity contribution is 6.30. The van der Waals surface area contributed by atoms with Crippen LogP contribution >= 0.6 is 11.6 Å². The number of anilines is 1. The zero-order chi connectivity index (χ0) is 19.5. The molecule has 1 aliphatic heterocycles. The lowest BCUT2D eigenvalue weighted by Gasteiger charge is -2.40. The normalized spacial score (nSPS) is 20.5. The van der Waals surface area contributed by atoms with Crippen LogP contribution in [0.3, 0.4) is 0 Å². The van der Waals surface area contributed by atoms with Crippen LogP contribution in [0.25, 0.3) is 10.8 Å². The molecule has 0 saturated carbocycles. The average Bonchev–Trinajstić information content (AvgIpc) is 2.66. The first kappa shape index (κ1) is 17.5. The van der Waals surface area contributed by atoms with Crippen molar-refractivity contribution in [3.05, 3.63) is 88.1 Å². The van der Waals surface area contributed by atoms with Crippen LogP contribution in [0.5, 0.6) is 0 Å². The fourth-order valence-electron chi connectivity index (χ4n) is 4.79. The first-order valence-corrected chi connectivity index (χ1v) is 10.1. The predicted molar refractivity (Wildman–Crippen MR) is 116 cm³/mol. The quantitative estimate of drug-likeness (QED) is 0.503. The summed E-state index contributed by atoms with van der Waals surface area (Å²) in [7, 11) is 0. The van der Waals surface area contributed by atoms with Crippen molar-refractivity contribution in [2.75, 3.05) is 5.32 Å². The van der Waals surface area contributed by atoms with E-state index in [9.17, 15) is 4.79 Å². The maximum absolute atomic E-state index is 13.3. The summed E-state index contributed by atoms with van der Waals surface area (Å²) < 4.78 is 0. The Kier molecular flexibility index (Phi) is 3.89. The second-order valence-electron chi connectivity index (χ2n) is 8.69. The molecule has 0 radical (unpaired) electrons. The number of carbonyl (C=O) groups is 1. The summed E-state index contributed by atoms with van der Waals surface area (Å²) in [5.41, 5.74) is 5.37. The topological polar surface area (TPSA) is 29.1 Å². The number of fused-ring (bicyclic) bond motifs is 3. The van der Waals surface area contributed by atoms with Crippen LogP contribution in [0.15, 0.2) is 71.9 Å². The summed E-state index contributed by atoms with van der Waals surface area (Å²) in [6.45, 7) is 4.34. The van der Waals surface area contributed by atoms with E-state index in [1.165, 1.54) is 16.3 Å². The summed E-state index contributed by atoms with van der Waals surface area (Å²) in [6.07, 6.45) is 1.46. The van der Waals surface area contributed by atoms with E-state index in [1.807, 2.05) is 12.1 Å². The van der Waals surface area contributed by atoms with E-state index in [0.29, 0.717) is 11.4 Å². The molecule has 2 nitrogen and oxygen atoms in total. The maximum atomic E-state index is 13.3. The van der Waals surface area contributed by atoms with Gasteiger partial charge in [-0.3, -0.25) is 4.79 Å². The number of hydrogen-bond acceptors (Lipinski definition) is 2. The van der Waals surface area contributed by atoms with E-state index in [-0.39, 0.29) is 17.1 Å². The second-order valence-corrected chi connectivity index (χ2v) is 9.13. The van der Waals surface area contributed by atoms with Crippen LogP contribution in [-0.2, 0) is 4.79 Å². The monoisotopic (exact) mass is 387 g/mol. The average molecular weight is 388 g/mol. The van der Waals surface area contributed by atoms with Gasteiger partial charge in [-0.1, -0.05) is 67.9 Å². The number of allylic oxidation sites excluding steroid dienone is 2. The molecule has 1 atom stereocenters. The van der Waals surface area contributed by atoms with E-state index in [2.05, 4.69) is 67.7 Å². The summed E-state index contributed by atoms with van der Waals surface area (Å²) in [6, 6.07) is 20.7. The van der Waals surface area contributed by atoms with Crippen LogP contribution in [0.4, 0.5) is 5.69 Å². The minimum Gasteiger partial charge on any atom is -0.358 e. The van der Waals surface area contributed by atoms with Gasteiger partial charge in [-0.25, -0.2) is 0 Å². The molecule has 0 bridgehead atoms. The Morgan fingerprint density at radius 1 is 0.964 bits per heavy atom. The van der Waals surface area contributed by atoms with Crippen LogP contribution < -0.4 is 5.32 Å². The Morgan fingerprint density at radius 2 is 1.71 bits per heavy atom. The van der Waals surface area contributed by atoms with Gasteiger partial charge in [-0.15, -0.1) is 0 Å². The highest BCUT2D eigenvalue weighted by Gasteiger charge is 2.41. The molecule has 2 aliphatic rings. The molecule has 1 N–H and O–H groups in total. The van der Waals surface area contributed by atoms with Crippen molar-refractivity contribution >= 4 is 33.8 Å². The molecular weight excluding hydrogens is 366 g/mol. The van der Waals surface area contributed by atoms with Crippen molar-refractivity contribution in [1.82, 2.24) is 0 Å². The smallest absolute Gasteiger partial charge is 0.162 e. The molecule has 1 aliphatic carbocycles. The van der Waals surface area contributed by atoms with Gasteiger partial charge < -0.3 is 5.32 Å². The standard InChI is InChI=1S/C25H22ClNO/c1-25(2)13-20-24(21(28)14-25)22(16-7-10-17(26)11-8-16)23-18-6-4-3-5-15(18)9-12-19(23)27-20/h3-12,22,27H,13-14H2,1-2H3/t22-/m0/s1. The van der Waals surface area contributed by atoms with Crippen molar-refractivity contribution in [3.8, 4) is 0 Å². The highest BCUT2D eigenvalue weighted by Crippen LogP contribution is 2.50. The van der Waals surface area contributed by atoms with Crippen LogP contribution in [0.1, 0.15) is 43.7 Å². The Morgan fingerprint density at radius 3 is 2.50 bits per heavy atom. The Bertz CT molecular complexity index is 1140. The number of halogens is 1. The van der Waals surface area contributed by atoms with Crippen LogP contribution in [0, 0.1) is 5.41 Å². The SMILES string of the molecule is CC1(C)CC(=O)C2=C(C1)Nc1ccc3ccccc3c1[C@@H]2c1ccc(Cl)cc1. The molecule has 3 aromatic carbocycles. The van der Waals surface area contributed by atoms with Crippen molar-refractivity contribution in [3.63, 3.8) is 0 Å². The Labute approximate surface area is 170 Å². The second kappa shape index (κ2) is 6.22. The number of benzene rings is 3. The Hall–Kier alpha value is -2.58. The number of Topliss-reactive ketones (excluding diaryl/α,β-unsaturated/α-hetero) is 1.